The molecule has 0 amide bonds. The summed E-state index contributed by atoms with van der Waals surface area (Å²) in [5.74, 6) is 0. The van der Waals surface area contributed by atoms with Gasteiger partial charge in [0.05, 0.1) is 0 Å². The van der Waals surface area contributed by atoms with E-state index in [1.54, 1.807) is 0 Å². The van der Waals surface area contributed by atoms with E-state index in [0.717, 1.165) is 0 Å². The van der Waals surface area contributed by atoms with Gasteiger partial charge in [-0.3, -0.25) is 0 Å². The summed E-state index contributed by atoms with van der Waals surface area (Å²) >= 11 is 0.290. The zero-order chi connectivity index (χ0) is 8.24. The van der Waals surface area contributed by atoms with Gasteiger partial charge in [-0.1, -0.05) is 0 Å². The van der Waals surface area contributed by atoms with Crippen LogP contribution in [0.2, 0.25) is 16.5 Å². The van der Waals surface area contributed by atoms with Crippen LogP contribution in [0.1, 0.15) is 27.7 Å². The van der Waals surface area contributed by atoms with Crippen LogP contribution >= 0.6 is 0 Å². The molecule has 0 unspecified atom stereocenters. The monoisotopic (exact) mass is 664 g/mol. The maximum absolute atomic E-state index is 2.29. The second-order valence-corrected chi connectivity index (χ2v) is 15.0. The van der Waals surface area contributed by atoms with E-state index in [9.17, 15) is 0 Å². The molecule has 0 rings (SSSR count). The van der Waals surface area contributed by atoms with E-state index in [0.29, 0.717) is 0 Å². The van der Waals surface area contributed by atoms with Crippen LogP contribution in [0.3, 0.4) is 0 Å². The summed E-state index contributed by atoms with van der Waals surface area (Å²) in [5, 5.41) is 0. The molecule has 0 aromatic rings. The molecule has 68 valence electrons. The van der Waals surface area contributed by atoms with E-state index in [-0.39, 0.29) is 70.1 Å². The first-order chi connectivity index (χ1) is 4.83. The second-order valence-electron chi connectivity index (χ2n) is 1.71. The molecule has 11 heavy (non-hydrogen) atoms. The van der Waals surface area contributed by atoms with E-state index in [1.165, 1.54) is 16.5 Å². The normalized spacial score (nSPS) is 7.64. The zero-order valence-electron chi connectivity index (χ0n) is 8.13. The van der Waals surface area contributed by atoms with Crippen LogP contribution in [0, 0.1) is 0 Å². The Morgan fingerprint density at radius 3 is 0.818 bits per heavy atom. The van der Waals surface area contributed by atoms with Gasteiger partial charge in [0.1, 0.15) is 0 Å². The summed E-state index contributed by atoms with van der Waals surface area (Å²) < 4.78 is 6.10. The molecule has 0 aliphatic rings. The van der Waals surface area contributed by atoms with E-state index in [2.05, 4.69) is 27.7 Å². The van der Waals surface area contributed by atoms with E-state index in [1.807, 2.05) is 0 Å². The van der Waals surface area contributed by atoms with Crippen LogP contribution < -0.4 is 0 Å². The van der Waals surface area contributed by atoms with Crippen molar-refractivity contribution in [3.63, 3.8) is 0 Å². The van der Waals surface area contributed by atoms with Crippen LogP contribution in [-0.4, -0.2) is 70.1 Å². The molecular formula is C8H20Bi2Te. The molecule has 0 bridgehead atoms. The fraction of sp³-hybridized carbons (Fsp3) is 1.00. The van der Waals surface area contributed by atoms with Gasteiger partial charge >= 0.3 is 90.7 Å². The molecule has 0 heterocycles. The Kier molecular flexibility index (Phi) is 39.9. The van der Waals surface area contributed by atoms with Gasteiger partial charge in [0.2, 0.25) is 0 Å². The van der Waals surface area contributed by atoms with Crippen molar-refractivity contribution < 1.29 is 0 Å². The minimum atomic E-state index is 0. The molecule has 0 aliphatic carbocycles. The molecule has 0 N–H and O–H groups in total. The summed E-state index contributed by atoms with van der Waals surface area (Å²) in [7, 11) is 0. The summed E-state index contributed by atoms with van der Waals surface area (Å²) in [5.41, 5.74) is 0. The predicted octanol–water partition coefficient (Wildman–Crippen LogP) is 2.75. The Labute approximate surface area is 113 Å². The predicted molar refractivity (Wildman–Crippen MR) is 59.2 cm³/mol. The minimum absolute atomic E-state index is 0. The largest absolute Gasteiger partial charge is 0 e. The maximum atomic E-state index is 2.29. The Balaban J connectivity index is -0.000000107. The van der Waals surface area contributed by atoms with Crippen molar-refractivity contribution in [1.82, 2.24) is 0 Å². The second kappa shape index (κ2) is 22.9. The third-order valence-electron chi connectivity index (χ3n) is 0.894. The van der Waals surface area contributed by atoms with Gasteiger partial charge in [0.15, 0.2) is 0 Å². The average molecular weight is 662 g/mol. The first-order valence-electron chi connectivity index (χ1n) is 4.09. The van der Waals surface area contributed by atoms with Crippen molar-refractivity contribution in [3.05, 3.63) is 0 Å². The molecule has 0 spiro atoms. The molecule has 0 fully saturated rings. The Morgan fingerprint density at radius 2 is 0.818 bits per heavy atom. The van der Waals surface area contributed by atoms with Gasteiger partial charge in [-0.2, -0.15) is 0 Å². The molecule has 0 aliphatic heterocycles. The standard InChI is InChI=1S/4C2H5.2Bi.Te/c4*1-2;;;/h4*1H2,2H3;;;. The Bertz CT molecular complexity index is 33.1. The van der Waals surface area contributed by atoms with Crippen molar-refractivity contribution in [2.45, 2.75) is 44.2 Å². The molecule has 4 radical (unpaired) electrons. The van der Waals surface area contributed by atoms with Gasteiger partial charge in [-0.05, 0) is 0 Å². The first-order valence-corrected chi connectivity index (χ1v) is 13.9. The molecule has 0 atom stereocenters. The van der Waals surface area contributed by atoms with Crippen molar-refractivity contribution in [2.75, 3.05) is 0 Å². The molecule has 3 heteroatoms. The first kappa shape index (κ1) is 19.2. The van der Waals surface area contributed by atoms with Crippen LogP contribution in [-0.2, 0) is 0 Å². The fourth-order valence-corrected chi connectivity index (χ4v) is 3.92. The van der Waals surface area contributed by atoms with Crippen molar-refractivity contribution in [2.24, 2.45) is 0 Å². The van der Waals surface area contributed by atoms with Crippen molar-refractivity contribution >= 4 is 70.1 Å². The van der Waals surface area contributed by atoms with E-state index in [4.69, 9.17) is 0 Å². The van der Waals surface area contributed by atoms with Gasteiger partial charge in [0.25, 0.3) is 0 Å². The van der Waals surface area contributed by atoms with E-state index >= 15 is 0 Å². The summed E-state index contributed by atoms with van der Waals surface area (Å²) in [6.07, 6.45) is 0. The topological polar surface area (TPSA) is 0 Å². The van der Waals surface area contributed by atoms with Crippen LogP contribution in [0.25, 0.3) is 0 Å². The zero-order valence-corrected chi connectivity index (χ0v) is 17.4. The number of hydrogen-bond donors (Lipinski definition) is 0. The minimum Gasteiger partial charge on any atom is 0 e. The summed E-state index contributed by atoms with van der Waals surface area (Å²) in [4.78, 5) is 0. The Hall–Kier alpha value is 2.56. The molecular weight excluding hydrogens is 642 g/mol. The quantitative estimate of drug-likeness (QED) is 0.407. The van der Waals surface area contributed by atoms with Crippen molar-refractivity contribution in [1.29, 1.82) is 0 Å². The smallest absolute Gasteiger partial charge is 0 e. The molecule has 0 saturated heterocycles. The number of hydrogen-bond acceptors (Lipinski definition) is 0. The van der Waals surface area contributed by atoms with Crippen LogP contribution in [0.5, 0.6) is 0 Å². The van der Waals surface area contributed by atoms with Crippen molar-refractivity contribution in [3.8, 4) is 0 Å². The maximum Gasteiger partial charge on any atom is 0 e. The third kappa shape index (κ3) is 32.6. The summed E-state index contributed by atoms with van der Waals surface area (Å²) in [6.45, 7) is 9.17. The van der Waals surface area contributed by atoms with Gasteiger partial charge in [0, 0.05) is 23.7 Å². The average Bonchev–Trinajstić information content (AvgIpc) is 1.93. The summed E-state index contributed by atoms with van der Waals surface area (Å²) in [6, 6.07) is 0. The third-order valence-corrected chi connectivity index (χ3v) is 7.85. The van der Waals surface area contributed by atoms with Crippen LogP contribution in [0.15, 0.2) is 0 Å². The molecule has 0 aromatic heterocycles. The van der Waals surface area contributed by atoms with Crippen LogP contribution in [0.4, 0.5) is 0 Å². The number of rotatable bonds is 4. The Morgan fingerprint density at radius 1 is 0.636 bits per heavy atom. The molecule has 0 aromatic carbocycles. The van der Waals surface area contributed by atoms with Gasteiger partial charge in [-0.25, -0.2) is 0 Å². The van der Waals surface area contributed by atoms with Gasteiger partial charge < -0.3 is 0 Å². The SMILES string of the molecule is C[CH2][Bi][CH2]C.C[CH2][Bi][CH2]C.[Te]. The molecule has 0 saturated carbocycles. The fourth-order valence-electron chi connectivity index (χ4n) is 0.447. The van der Waals surface area contributed by atoms with Gasteiger partial charge in [-0.15, -0.1) is 0 Å². The van der Waals surface area contributed by atoms with E-state index < -0.39 is 0 Å². The molecule has 0 nitrogen and oxygen atoms in total.